The van der Waals surface area contributed by atoms with Crippen LogP contribution in [0.25, 0.3) is 0 Å². The Labute approximate surface area is 108 Å². The van der Waals surface area contributed by atoms with E-state index < -0.39 is 8.80 Å². The molecule has 0 aliphatic heterocycles. The molecule has 0 aliphatic carbocycles. The molecule has 0 heterocycles. The first-order valence-corrected chi connectivity index (χ1v) is 8.37. The van der Waals surface area contributed by atoms with Crippen LogP contribution in [0, 0.1) is 0 Å². The van der Waals surface area contributed by atoms with Gasteiger partial charge in [-0.3, -0.25) is 0 Å². The molecule has 0 unspecified atom stereocenters. The Morgan fingerprint density at radius 3 is 1.82 bits per heavy atom. The molecule has 0 saturated carbocycles. The maximum atomic E-state index is 5.41. The summed E-state index contributed by atoms with van der Waals surface area (Å²) in [6, 6.07) is 1.56. The van der Waals surface area contributed by atoms with E-state index in [9.17, 15) is 0 Å². The third-order valence-electron chi connectivity index (χ3n) is 3.49. The molecule has 0 spiro atoms. The fraction of sp³-hybridized carbons (Fsp3) is 1.00. The minimum atomic E-state index is -2.37. The normalized spacial score (nSPS) is 12.7. The summed E-state index contributed by atoms with van der Waals surface area (Å²) in [6.07, 6.45) is 3.46. The first-order chi connectivity index (χ1) is 8.09. The Morgan fingerprint density at radius 2 is 1.47 bits per heavy atom. The van der Waals surface area contributed by atoms with Crippen LogP contribution in [0.15, 0.2) is 0 Å². The summed E-state index contributed by atoms with van der Waals surface area (Å²) in [7, 11) is 4.83. The third-order valence-corrected chi connectivity index (χ3v) is 6.32. The van der Waals surface area contributed by atoms with Gasteiger partial charge in [0, 0.05) is 33.4 Å². The second-order valence-electron chi connectivity index (χ2n) is 4.35. The third kappa shape index (κ3) is 5.48. The fourth-order valence-corrected chi connectivity index (χ4v) is 3.90. The van der Waals surface area contributed by atoms with Gasteiger partial charge in [-0.15, -0.1) is 0 Å². The molecule has 0 aromatic rings. The zero-order valence-corrected chi connectivity index (χ0v) is 13.3. The monoisotopic (exact) mass is 263 g/mol. The Balaban J connectivity index is 4.03. The van der Waals surface area contributed by atoms with Gasteiger partial charge in [-0.25, -0.2) is 0 Å². The van der Waals surface area contributed by atoms with Crippen molar-refractivity contribution in [3.8, 4) is 0 Å². The van der Waals surface area contributed by atoms with Gasteiger partial charge in [-0.2, -0.15) is 0 Å². The lowest BCUT2D eigenvalue weighted by Gasteiger charge is -2.28. The Kier molecular flexibility index (Phi) is 9.08. The summed E-state index contributed by atoms with van der Waals surface area (Å²) in [4.78, 5) is 2.42. The number of rotatable bonds is 10. The molecule has 0 N–H and O–H groups in total. The zero-order valence-electron chi connectivity index (χ0n) is 12.3. The molecule has 0 atom stereocenters. The first kappa shape index (κ1) is 17.1. The maximum Gasteiger partial charge on any atom is 0.500 e. The minimum absolute atomic E-state index is 0.679. The van der Waals surface area contributed by atoms with Gasteiger partial charge in [0.25, 0.3) is 0 Å². The molecular weight excluding hydrogens is 234 g/mol. The number of nitrogens with zero attached hydrogens (tertiary/aromatic N) is 1. The van der Waals surface area contributed by atoms with Gasteiger partial charge >= 0.3 is 8.80 Å². The summed E-state index contributed by atoms with van der Waals surface area (Å²) in [5, 5.41) is 0. The fourth-order valence-electron chi connectivity index (χ4n) is 2.20. The lowest BCUT2D eigenvalue weighted by Crippen LogP contribution is -2.43. The molecule has 4 nitrogen and oxygen atoms in total. The van der Waals surface area contributed by atoms with Gasteiger partial charge in [0.1, 0.15) is 0 Å². The summed E-state index contributed by atoms with van der Waals surface area (Å²) in [5.74, 6) is 0. The van der Waals surface area contributed by atoms with Gasteiger partial charge in [0.15, 0.2) is 0 Å². The molecule has 0 radical (unpaired) electrons. The highest BCUT2D eigenvalue weighted by molar-refractivity contribution is 6.60. The standard InChI is InChI=1S/C12H29NO3Si/c1-7-12(8-2)13(3)10-9-11-17(14-4,15-5)16-6/h12H,7-11H2,1-6H3. The van der Waals surface area contributed by atoms with E-state index >= 15 is 0 Å². The van der Waals surface area contributed by atoms with Crippen molar-refractivity contribution in [2.24, 2.45) is 0 Å². The van der Waals surface area contributed by atoms with E-state index in [1.54, 1.807) is 21.3 Å². The molecular formula is C12H29NO3Si. The highest BCUT2D eigenvalue weighted by atomic mass is 28.4. The topological polar surface area (TPSA) is 30.9 Å². The van der Waals surface area contributed by atoms with Crippen molar-refractivity contribution in [2.75, 3.05) is 34.9 Å². The quantitative estimate of drug-likeness (QED) is 0.566. The molecule has 5 heteroatoms. The van der Waals surface area contributed by atoms with Gasteiger partial charge in [-0.05, 0) is 32.9 Å². The second kappa shape index (κ2) is 9.05. The largest absolute Gasteiger partial charge is 0.500 e. The predicted molar refractivity (Wildman–Crippen MR) is 73.2 cm³/mol. The van der Waals surface area contributed by atoms with Crippen LogP contribution < -0.4 is 0 Å². The summed E-state index contributed by atoms with van der Waals surface area (Å²) in [6.45, 7) is 5.55. The summed E-state index contributed by atoms with van der Waals surface area (Å²) >= 11 is 0. The van der Waals surface area contributed by atoms with Gasteiger partial charge in [-0.1, -0.05) is 13.8 Å². The van der Waals surface area contributed by atoms with E-state index in [1.807, 2.05) is 0 Å². The Hall–Kier alpha value is 0.0569. The maximum absolute atomic E-state index is 5.41. The van der Waals surface area contributed by atoms with E-state index in [0.717, 1.165) is 19.0 Å². The summed E-state index contributed by atoms with van der Waals surface area (Å²) in [5.41, 5.74) is 0. The van der Waals surface area contributed by atoms with E-state index in [0.29, 0.717) is 6.04 Å². The van der Waals surface area contributed by atoms with E-state index in [1.165, 1.54) is 12.8 Å². The molecule has 0 aromatic heterocycles. The van der Waals surface area contributed by atoms with Crippen molar-refractivity contribution < 1.29 is 13.3 Å². The molecule has 0 saturated heterocycles. The molecule has 0 aromatic carbocycles. The molecule has 0 amide bonds. The van der Waals surface area contributed by atoms with Crippen molar-refractivity contribution in [3.63, 3.8) is 0 Å². The Bertz CT molecular complexity index is 176. The molecule has 104 valence electrons. The molecule has 0 rings (SSSR count). The highest BCUT2D eigenvalue weighted by Gasteiger charge is 2.37. The smallest absolute Gasteiger partial charge is 0.377 e. The van der Waals surface area contributed by atoms with Crippen LogP contribution >= 0.6 is 0 Å². The van der Waals surface area contributed by atoms with E-state index in [4.69, 9.17) is 13.3 Å². The minimum Gasteiger partial charge on any atom is -0.377 e. The van der Waals surface area contributed by atoms with Crippen molar-refractivity contribution in [1.82, 2.24) is 4.90 Å². The number of hydrogen-bond acceptors (Lipinski definition) is 4. The van der Waals surface area contributed by atoms with Crippen LogP contribution in [0.1, 0.15) is 33.1 Å². The summed E-state index contributed by atoms with van der Waals surface area (Å²) < 4.78 is 16.2. The molecule has 0 bridgehead atoms. The van der Waals surface area contributed by atoms with Gasteiger partial charge in [0.2, 0.25) is 0 Å². The lowest BCUT2D eigenvalue weighted by molar-refractivity contribution is 0.120. The average molecular weight is 263 g/mol. The van der Waals surface area contributed by atoms with Crippen LogP contribution in [0.4, 0.5) is 0 Å². The van der Waals surface area contributed by atoms with Crippen molar-refractivity contribution in [3.05, 3.63) is 0 Å². The van der Waals surface area contributed by atoms with Crippen LogP contribution in [0.2, 0.25) is 6.04 Å². The highest BCUT2D eigenvalue weighted by Crippen LogP contribution is 2.16. The SMILES string of the molecule is CCC(CC)N(C)CCC[Si](OC)(OC)OC. The molecule has 0 fully saturated rings. The van der Waals surface area contributed by atoms with Crippen molar-refractivity contribution in [1.29, 1.82) is 0 Å². The predicted octanol–water partition coefficient (Wildman–Crippen LogP) is 2.38. The average Bonchev–Trinajstić information content (AvgIpc) is 2.37. The second-order valence-corrected chi connectivity index (χ2v) is 7.44. The number of hydrogen-bond donors (Lipinski definition) is 0. The van der Waals surface area contributed by atoms with E-state index in [2.05, 4.69) is 25.8 Å². The van der Waals surface area contributed by atoms with Gasteiger partial charge in [0.05, 0.1) is 0 Å². The van der Waals surface area contributed by atoms with Crippen LogP contribution in [0.3, 0.4) is 0 Å². The van der Waals surface area contributed by atoms with E-state index in [-0.39, 0.29) is 0 Å². The van der Waals surface area contributed by atoms with Crippen molar-refractivity contribution in [2.45, 2.75) is 45.2 Å². The molecule has 17 heavy (non-hydrogen) atoms. The van der Waals surface area contributed by atoms with Crippen LogP contribution in [0.5, 0.6) is 0 Å². The lowest BCUT2D eigenvalue weighted by atomic mass is 10.1. The first-order valence-electron chi connectivity index (χ1n) is 6.44. The molecule has 0 aliphatic rings. The zero-order chi connectivity index (χ0) is 13.3. The van der Waals surface area contributed by atoms with Crippen LogP contribution in [-0.2, 0) is 13.3 Å². The van der Waals surface area contributed by atoms with Crippen LogP contribution in [-0.4, -0.2) is 54.7 Å². The van der Waals surface area contributed by atoms with Crippen molar-refractivity contribution >= 4 is 8.80 Å². The Morgan fingerprint density at radius 1 is 1.00 bits per heavy atom. The van der Waals surface area contributed by atoms with Gasteiger partial charge < -0.3 is 18.2 Å².